The first-order valence-electron chi connectivity index (χ1n) is 6.54. The van der Waals surface area contributed by atoms with Gasteiger partial charge >= 0.3 is 0 Å². The number of carbonyl (C=O) groups is 1. The van der Waals surface area contributed by atoms with E-state index in [2.05, 4.69) is 19.0 Å². The molecular weight excluding hydrogens is 230 g/mol. The third-order valence-electron chi connectivity index (χ3n) is 4.26. The van der Waals surface area contributed by atoms with E-state index >= 15 is 0 Å². The summed E-state index contributed by atoms with van der Waals surface area (Å²) >= 11 is 0. The van der Waals surface area contributed by atoms with E-state index in [4.69, 9.17) is 10.9 Å². The zero-order valence-corrected chi connectivity index (χ0v) is 11.9. The van der Waals surface area contributed by atoms with Gasteiger partial charge in [0, 0.05) is 13.1 Å². The number of amidine groups is 1. The zero-order chi connectivity index (χ0) is 14.0. The average molecular weight is 255 g/mol. The van der Waals surface area contributed by atoms with Crippen molar-refractivity contribution in [2.24, 2.45) is 21.7 Å². The minimum absolute atomic E-state index is 0.000154. The fourth-order valence-corrected chi connectivity index (χ4v) is 2.22. The molecule has 1 aliphatic rings. The van der Waals surface area contributed by atoms with Crippen molar-refractivity contribution >= 4 is 11.7 Å². The molecule has 1 fully saturated rings. The Morgan fingerprint density at radius 3 is 2.33 bits per heavy atom. The van der Waals surface area contributed by atoms with E-state index in [1.807, 2.05) is 11.8 Å². The maximum Gasteiger partial charge on any atom is 0.236 e. The van der Waals surface area contributed by atoms with E-state index in [-0.39, 0.29) is 11.7 Å². The van der Waals surface area contributed by atoms with E-state index < -0.39 is 5.41 Å². The molecule has 0 aromatic carbocycles. The first-order valence-corrected chi connectivity index (χ1v) is 6.54. The summed E-state index contributed by atoms with van der Waals surface area (Å²) in [7, 11) is 0. The molecule has 0 radical (unpaired) electrons. The zero-order valence-electron chi connectivity index (χ0n) is 11.9. The van der Waals surface area contributed by atoms with Gasteiger partial charge in [-0.15, -0.1) is 0 Å². The van der Waals surface area contributed by atoms with Crippen molar-refractivity contribution in [3.05, 3.63) is 0 Å². The second kappa shape index (κ2) is 5.16. The molecule has 0 saturated carbocycles. The molecule has 0 aliphatic carbocycles. The molecule has 0 aromatic heterocycles. The molecule has 1 heterocycles. The summed E-state index contributed by atoms with van der Waals surface area (Å²) in [5.74, 6) is -0.0318. The molecule has 1 rings (SSSR count). The molecule has 1 aliphatic heterocycles. The lowest BCUT2D eigenvalue weighted by atomic mass is 9.80. The number of oxime groups is 1. The number of amides is 1. The lowest BCUT2D eigenvalue weighted by Crippen LogP contribution is -2.52. The van der Waals surface area contributed by atoms with Crippen LogP contribution in [-0.2, 0) is 4.79 Å². The van der Waals surface area contributed by atoms with E-state index in [0.717, 1.165) is 25.9 Å². The topological polar surface area (TPSA) is 78.9 Å². The predicted molar refractivity (Wildman–Crippen MR) is 71.4 cm³/mol. The van der Waals surface area contributed by atoms with Gasteiger partial charge < -0.3 is 15.8 Å². The van der Waals surface area contributed by atoms with Gasteiger partial charge in [-0.1, -0.05) is 25.9 Å². The van der Waals surface area contributed by atoms with Crippen molar-refractivity contribution in [2.45, 2.75) is 47.0 Å². The molecule has 5 nitrogen and oxygen atoms in total. The molecular formula is C13H25N3O2. The number of likely N-dealkylation sites (tertiary alicyclic amines) is 1. The number of nitrogens with two attached hydrogens (primary N) is 1. The summed E-state index contributed by atoms with van der Waals surface area (Å²) in [5, 5.41) is 11.8. The molecule has 104 valence electrons. The molecule has 0 spiro atoms. The highest BCUT2D eigenvalue weighted by atomic mass is 16.4. The molecule has 0 bridgehead atoms. The smallest absolute Gasteiger partial charge is 0.236 e. The molecule has 18 heavy (non-hydrogen) atoms. The second-order valence-corrected chi connectivity index (χ2v) is 6.13. The van der Waals surface area contributed by atoms with E-state index in [0.29, 0.717) is 11.8 Å². The normalized spacial score (nSPS) is 23.6. The summed E-state index contributed by atoms with van der Waals surface area (Å²) in [5.41, 5.74) is 5.08. The standard InChI is InChI=1S/C13H25N3O2/c1-5-13(4,10(14)15-18)11(17)16-8-6-12(2,3)7-9-16/h18H,5-9H2,1-4H3,(H2,14,15). The van der Waals surface area contributed by atoms with Gasteiger partial charge in [-0.3, -0.25) is 4.79 Å². The van der Waals surface area contributed by atoms with Crippen molar-refractivity contribution in [2.75, 3.05) is 13.1 Å². The van der Waals surface area contributed by atoms with Crippen LogP contribution in [0.1, 0.15) is 47.0 Å². The Bertz CT molecular complexity index is 342. The molecule has 0 aromatic rings. The van der Waals surface area contributed by atoms with Gasteiger partial charge in [0.25, 0.3) is 0 Å². The molecule has 1 unspecified atom stereocenters. The SMILES string of the molecule is CCC(C)(C(=O)N1CCC(C)(C)CC1)C(N)=NO. The highest BCUT2D eigenvalue weighted by Crippen LogP contribution is 2.33. The van der Waals surface area contributed by atoms with Crippen LogP contribution in [0.25, 0.3) is 0 Å². The Kier molecular flexibility index (Phi) is 4.24. The van der Waals surface area contributed by atoms with Gasteiger partial charge in [0.1, 0.15) is 5.41 Å². The quantitative estimate of drug-likeness (QED) is 0.349. The highest BCUT2D eigenvalue weighted by molar-refractivity contribution is 6.06. The fraction of sp³-hybridized carbons (Fsp3) is 0.846. The lowest BCUT2D eigenvalue weighted by Gasteiger charge is -2.40. The van der Waals surface area contributed by atoms with E-state index in [1.54, 1.807) is 6.92 Å². The van der Waals surface area contributed by atoms with Crippen molar-refractivity contribution in [3.63, 3.8) is 0 Å². The van der Waals surface area contributed by atoms with Gasteiger partial charge in [0.2, 0.25) is 5.91 Å². The average Bonchev–Trinajstić information content (AvgIpc) is 2.36. The van der Waals surface area contributed by atoms with Gasteiger partial charge in [0.15, 0.2) is 5.84 Å². The first kappa shape index (κ1) is 14.8. The van der Waals surface area contributed by atoms with Gasteiger partial charge in [-0.05, 0) is 31.6 Å². The number of nitrogens with zero attached hydrogens (tertiary/aromatic N) is 2. The van der Waals surface area contributed by atoms with Crippen molar-refractivity contribution in [1.29, 1.82) is 0 Å². The van der Waals surface area contributed by atoms with Crippen LogP contribution in [0.15, 0.2) is 5.16 Å². The minimum atomic E-state index is -0.893. The van der Waals surface area contributed by atoms with Crippen LogP contribution in [0, 0.1) is 10.8 Å². The van der Waals surface area contributed by atoms with Crippen LogP contribution < -0.4 is 5.73 Å². The maximum absolute atomic E-state index is 12.5. The van der Waals surface area contributed by atoms with Gasteiger partial charge in [-0.2, -0.15) is 0 Å². The Balaban J connectivity index is 2.81. The molecule has 3 N–H and O–H groups in total. The number of piperidine rings is 1. The van der Waals surface area contributed by atoms with Crippen LogP contribution in [0.5, 0.6) is 0 Å². The summed E-state index contributed by atoms with van der Waals surface area (Å²) in [6, 6.07) is 0. The van der Waals surface area contributed by atoms with Gasteiger partial charge in [-0.25, -0.2) is 0 Å². The molecule has 1 amide bonds. The molecule has 5 heteroatoms. The third kappa shape index (κ3) is 2.76. The maximum atomic E-state index is 12.5. The molecule has 1 saturated heterocycles. The number of hydrogen-bond acceptors (Lipinski definition) is 3. The lowest BCUT2D eigenvalue weighted by molar-refractivity contribution is -0.140. The Morgan fingerprint density at radius 1 is 1.44 bits per heavy atom. The third-order valence-corrected chi connectivity index (χ3v) is 4.26. The van der Waals surface area contributed by atoms with Crippen LogP contribution in [0.3, 0.4) is 0 Å². The number of carbonyl (C=O) groups excluding carboxylic acids is 1. The molecule has 1 atom stereocenters. The second-order valence-electron chi connectivity index (χ2n) is 6.13. The van der Waals surface area contributed by atoms with Crippen LogP contribution in [-0.4, -0.2) is 34.9 Å². The number of rotatable bonds is 3. The first-order chi connectivity index (χ1) is 8.27. The Labute approximate surface area is 109 Å². The predicted octanol–water partition coefficient (Wildman–Crippen LogP) is 1.80. The fourth-order valence-electron chi connectivity index (χ4n) is 2.22. The highest BCUT2D eigenvalue weighted by Gasteiger charge is 2.41. The van der Waals surface area contributed by atoms with E-state index in [9.17, 15) is 4.79 Å². The summed E-state index contributed by atoms with van der Waals surface area (Å²) in [4.78, 5) is 14.4. The summed E-state index contributed by atoms with van der Waals surface area (Å²) < 4.78 is 0. The van der Waals surface area contributed by atoms with Crippen molar-refractivity contribution in [1.82, 2.24) is 4.90 Å². The van der Waals surface area contributed by atoms with Crippen LogP contribution in [0.4, 0.5) is 0 Å². The minimum Gasteiger partial charge on any atom is -0.409 e. The van der Waals surface area contributed by atoms with E-state index in [1.165, 1.54) is 0 Å². The summed E-state index contributed by atoms with van der Waals surface area (Å²) in [6.45, 7) is 9.56. The number of hydrogen-bond donors (Lipinski definition) is 2. The van der Waals surface area contributed by atoms with Crippen LogP contribution >= 0.6 is 0 Å². The van der Waals surface area contributed by atoms with Crippen molar-refractivity contribution < 1.29 is 10.0 Å². The van der Waals surface area contributed by atoms with Crippen LogP contribution in [0.2, 0.25) is 0 Å². The Morgan fingerprint density at radius 2 is 1.94 bits per heavy atom. The van der Waals surface area contributed by atoms with Crippen molar-refractivity contribution in [3.8, 4) is 0 Å². The largest absolute Gasteiger partial charge is 0.409 e. The van der Waals surface area contributed by atoms with Gasteiger partial charge in [0.05, 0.1) is 0 Å². The Hall–Kier alpha value is -1.26. The summed E-state index contributed by atoms with van der Waals surface area (Å²) in [6.07, 6.45) is 2.52. The monoisotopic (exact) mass is 255 g/mol.